The Balaban J connectivity index is 1.21. The number of nitrogens with one attached hydrogen (secondary N) is 2. The summed E-state index contributed by atoms with van der Waals surface area (Å²) in [7, 11) is -3.63. The highest BCUT2D eigenvalue weighted by Crippen LogP contribution is 2.39. The molecular formula is C25H28N4O5S. The summed E-state index contributed by atoms with van der Waals surface area (Å²) in [5, 5.41) is 2.87. The number of rotatable bonds is 5. The van der Waals surface area contributed by atoms with Crippen LogP contribution in [-0.2, 0) is 31.6 Å². The van der Waals surface area contributed by atoms with Gasteiger partial charge in [-0.2, -0.15) is 0 Å². The van der Waals surface area contributed by atoms with Crippen LogP contribution in [0.25, 0.3) is 0 Å². The minimum atomic E-state index is -3.63. The Kier molecular flexibility index (Phi) is 6.10. The fourth-order valence-electron chi connectivity index (χ4n) is 5.32. The number of urea groups is 1. The van der Waals surface area contributed by atoms with Gasteiger partial charge in [0, 0.05) is 19.1 Å². The molecule has 2 aromatic rings. The van der Waals surface area contributed by atoms with Crippen LogP contribution in [0.2, 0.25) is 0 Å². The molecule has 1 aliphatic carbocycles. The topological polar surface area (TPSA) is 116 Å². The van der Waals surface area contributed by atoms with Crippen LogP contribution in [0.5, 0.6) is 0 Å². The van der Waals surface area contributed by atoms with Crippen molar-refractivity contribution >= 4 is 27.9 Å². The van der Waals surface area contributed by atoms with Crippen molar-refractivity contribution in [1.29, 1.82) is 0 Å². The van der Waals surface area contributed by atoms with Crippen LogP contribution in [0.4, 0.5) is 4.79 Å². The van der Waals surface area contributed by atoms with Crippen LogP contribution >= 0.6 is 0 Å². The average molecular weight is 497 g/mol. The lowest BCUT2D eigenvalue weighted by molar-refractivity contribution is -0.140. The lowest BCUT2D eigenvalue weighted by Crippen LogP contribution is -2.50. The summed E-state index contributed by atoms with van der Waals surface area (Å²) >= 11 is 0. The van der Waals surface area contributed by atoms with Crippen molar-refractivity contribution in [2.75, 3.05) is 19.6 Å². The van der Waals surface area contributed by atoms with Gasteiger partial charge >= 0.3 is 6.03 Å². The molecule has 0 unspecified atom stereocenters. The maximum absolute atomic E-state index is 13.4. The molecule has 10 heteroatoms. The molecule has 2 aromatic carbocycles. The maximum Gasteiger partial charge on any atom is 0.325 e. The maximum atomic E-state index is 13.4. The van der Waals surface area contributed by atoms with Crippen molar-refractivity contribution in [2.24, 2.45) is 0 Å². The smallest absolute Gasteiger partial charge is 0.325 e. The molecule has 0 radical (unpaired) electrons. The zero-order chi connectivity index (χ0) is 24.6. The SMILES string of the molecule is O=C(CN1C(=O)N[C@]2(CCCc3ccccc32)C1=O)N1CCC(NS(=O)(=O)c2ccccc2)CC1. The molecule has 3 aliphatic rings. The molecule has 5 rings (SSSR count). The Bertz CT molecular complexity index is 1260. The van der Waals surface area contributed by atoms with Crippen LogP contribution in [0.1, 0.15) is 36.8 Å². The molecule has 0 saturated carbocycles. The average Bonchev–Trinajstić information content (AvgIpc) is 3.09. The zero-order valence-electron chi connectivity index (χ0n) is 19.3. The van der Waals surface area contributed by atoms with Crippen molar-refractivity contribution in [3.8, 4) is 0 Å². The predicted molar refractivity (Wildman–Crippen MR) is 128 cm³/mol. The molecule has 1 atom stereocenters. The largest absolute Gasteiger partial charge is 0.341 e. The van der Waals surface area contributed by atoms with Crippen LogP contribution < -0.4 is 10.0 Å². The van der Waals surface area contributed by atoms with E-state index in [0.717, 1.165) is 28.9 Å². The van der Waals surface area contributed by atoms with E-state index in [4.69, 9.17) is 0 Å². The van der Waals surface area contributed by atoms with Crippen molar-refractivity contribution < 1.29 is 22.8 Å². The molecule has 2 aliphatic heterocycles. The fourth-order valence-corrected chi connectivity index (χ4v) is 6.65. The quantitative estimate of drug-likeness (QED) is 0.612. The van der Waals surface area contributed by atoms with Crippen molar-refractivity contribution in [2.45, 2.75) is 48.6 Å². The first-order valence-electron chi connectivity index (χ1n) is 11.9. The molecule has 4 amide bonds. The van der Waals surface area contributed by atoms with Gasteiger partial charge in [-0.25, -0.2) is 17.9 Å². The number of piperidine rings is 1. The van der Waals surface area contributed by atoms with Crippen LogP contribution in [0.15, 0.2) is 59.5 Å². The molecule has 2 heterocycles. The highest BCUT2D eigenvalue weighted by molar-refractivity contribution is 7.89. The summed E-state index contributed by atoms with van der Waals surface area (Å²) in [5.74, 6) is -0.701. The highest BCUT2D eigenvalue weighted by Gasteiger charge is 2.54. The van der Waals surface area contributed by atoms with E-state index in [1.54, 1.807) is 23.1 Å². The number of benzene rings is 2. The fraction of sp³-hybridized carbons (Fsp3) is 0.400. The Labute approximate surface area is 204 Å². The molecular weight excluding hydrogens is 468 g/mol. The lowest BCUT2D eigenvalue weighted by atomic mass is 9.76. The molecule has 2 fully saturated rings. The second-order valence-electron chi connectivity index (χ2n) is 9.33. The van der Waals surface area contributed by atoms with Crippen LogP contribution in [-0.4, -0.2) is 61.7 Å². The van der Waals surface area contributed by atoms with Gasteiger partial charge in [0.05, 0.1) is 4.90 Å². The third kappa shape index (κ3) is 4.32. The van der Waals surface area contributed by atoms with Crippen molar-refractivity contribution in [3.05, 3.63) is 65.7 Å². The Morgan fingerprint density at radius 2 is 1.71 bits per heavy atom. The number of hydrogen-bond acceptors (Lipinski definition) is 5. The van der Waals surface area contributed by atoms with E-state index in [1.807, 2.05) is 24.3 Å². The molecule has 0 aromatic heterocycles. The summed E-state index contributed by atoms with van der Waals surface area (Å²) < 4.78 is 27.9. The van der Waals surface area contributed by atoms with Gasteiger partial charge in [-0.05, 0) is 55.4 Å². The van der Waals surface area contributed by atoms with Gasteiger partial charge in [-0.3, -0.25) is 14.5 Å². The second kappa shape index (κ2) is 9.09. The molecule has 1 spiro atoms. The highest BCUT2D eigenvalue weighted by atomic mass is 32.2. The number of amides is 4. The first-order chi connectivity index (χ1) is 16.8. The Morgan fingerprint density at radius 1 is 1.03 bits per heavy atom. The van der Waals surface area contributed by atoms with E-state index in [1.165, 1.54) is 12.1 Å². The normalized spacial score (nSPS) is 22.9. The number of imide groups is 1. The van der Waals surface area contributed by atoms with Gasteiger partial charge < -0.3 is 10.2 Å². The number of nitrogens with zero attached hydrogens (tertiary/aromatic N) is 2. The Hall–Kier alpha value is -3.24. The molecule has 35 heavy (non-hydrogen) atoms. The lowest BCUT2D eigenvalue weighted by Gasteiger charge is -2.34. The second-order valence-corrected chi connectivity index (χ2v) is 11.0. The molecule has 2 saturated heterocycles. The number of likely N-dealkylation sites (tertiary alicyclic amines) is 1. The van der Waals surface area contributed by atoms with E-state index in [9.17, 15) is 22.8 Å². The van der Waals surface area contributed by atoms with Gasteiger partial charge in [0.2, 0.25) is 15.9 Å². The molecule has 2 N–H and O–H groups in total. The number of hydrogen-bond donors (Lipinski definition) is 2. The van der Waals surface area contributed by atoms with Crippen molar-refractivity contribution in [3.63, 3.8) is 0 Å². The molecule has 0 bridgehead atoms. The third-order valence-corrected chi connectivity index (χ3v) is 8.70. The van der Waals surface area contributed by atoms with E-state index in [2.05, 4.69) is 10.0 Å². The zero-order valence-corrected chi connectivity index (χ0v) is 20.1. The first-order valence-corrected chi connectivity index (χ1v) is 13.4. The Morgan fingerprint density at radius 3 is 2.46 bits per heavy atom. The number of sulfonamides is 1. The first kappa shape index (κ1) is 23.5. The summed E-state index contributed by atoms with van der Waals surface area (Å²) in [6.07, 6.45) is 3.04. The summed E-state index contributed by atoms with van der Waals surface area (Å²) in [5.41, 5.74) is 0.751. The van der Waals surface area contributed by atoms with Crippen LogP contribution in [0.3, 0.4) is 0 Å². The molecule has 184 valence electrons. The van der Waals surface area contributed by atoms with Crippen molar-refractivity contribution in [1.82, 2.24) is 19.8 Å². The van der Waals surface area contributed by atoms with E-state index in [0.29, 0.717) is 32.4 Å². The van der Waals surface area contributed by atoms with E-state index < -0.39 is 21.6 Å². The van der Waals surface area contributed by atoms with Gasteiger partial charge in [0.15, 0.2) is 0 Å². The monoisotopic (exact) mass is 496 g/mol. The number of aryl methyl sites for hydroxylation is 1. The third-order valence-electron chi connectivity index (χ3n) is 7.17. The van der Waals surface area contributed by atoms with E-state index in [-0.39, 0.29) is 29.3 Å². The number of carbonyl (C=O) groups is 3. The minimum absolute atomic E-state index is 0.204. The van der Waals surface area contributed by atoms with E-state index >= 15 is 0 Å². The summed E-state index contributed by atoms with van der Waals surface area (Å²) in [6.45, 7) is 0.367. The summed E-state index contributed by atoms with van der Waals surface area (Å²) in [6, 6.07) is 15.0. The number of carbonyl (C=O) groups excluding carboxylic acids is 3. The van der Waals surface area contributed by atoms with Gasteiger partial charge in [0.25, 0.3) is 5.91 Å². The minimum Gasteiger partial charge on any atom is -0.341 e. The standard InChI is InChI=1S/C25H28N4O5S/c30-22(28-15-12-19(13-16-28)27-35(33,34)20-9-2-1-3-10-20)17-29-23(31)25(26-24(29)32)14-6-8-18-7-4-5-11-21(18)25/h1-5,7,9-11,19,27H,6,8,12-17H2,(H,26,32)/t25-/m0/s1. The van der Waals surface area contributed by atoms with Crippen LogP contribution in [0, 0.1) is 0 Å². The van der Waals surface area contributed by atoms with Gasteiger partial charge in [-0.15, -0.1) is 0 Å². The van der Waals surface area contributed by atoms with Gasteiger partial charge in [-0.1, -0.05) is 42.5 Å². The molecule has 9 nitrogen and oxygen atoms in total. The van der Waals surface area contributed by atoms with Gasteiger partial charge in [0.1, 0.15) is 12.1 Å². The predicted octanol–water partition coefficient (Wildman–Crippen LogP) is 1.74. The number of fused-ring (bicyclic) bond motifs is 2. The summed E-state index contributed by atoms with van der Waals surface area (Å²) in [4.78, 5) is 42.0.